The quantitative estimate of drug-likeness (QED) is 0.204. The molecule has 0 aromatic carbocycles. The van der Waals surface area contributed by atoms with Gasteiger partial charge in [0.25, 0.3) is 0 Å². The average molecular weight is 507 g/mol. The Labute approximate surface area is 171 Å². The molecule has 5 atom stereocenters. The number of phosphoric ester groups is 1. The number of H-pyrrole nitrogens is 1. The number of anilines is 1. The van der Waals surface area contributed by atoms with Crippen LogP contribution < -0.4 is 11.4 Å². The number of nitrogens with zero attached hydrogens (tertiary/aromatic N) is 3. The standard InChI is InChI=1S/C10H16N5O13P3/c11-8-7-9(14-10(17)13-8)15(3-12-7)6-1-4(16)5(26-6)2-25-30(21,22)28-31(23,24)27-29(18,19)20/h3-6,16H,1-2H2,(H,21,22)(H,23,24)(H2,18,19,20)(H3,11,13,14,17)/t4-,5+,6+/m0/s1. The second-order valence-electron chi connectivity index (χ2n) is 6.10. The van der Waals surface area contributed by atoms with Gasteiger partial charge in [-0.2, -0.15) is 13.6 Å². The Kier molecular flexibility index (Phi) is 6.57. The fraction of sp³-hybridized carbons (Fsp3) is 0.500. The molecule has 1 aliphatic heterocycles. The molecule has 1 aliphatic rings. The predicted molar refractivity (Wildman–Crippen MR) is 96.9 cm³/mol. The van der Waals surface area contributed by atoms with E-state index in [-0.39, 0.29) is 23.4 Å². The van der Waals surface area contributed by atoms with Crippen LogP contribution in [0.2, 0.25) is 0 Å². The molecule has 0 aliphatic carbocycles. The van der Waals surface area contributed by atoms with Crippen molar-refractivity contribution in [3.63, 3.8) is 0 Å². The number of aromatic nitrogens is 4. The predicted octanol–water partition coefficient (Wildman–Crippen LogP) is -1.31. The zero-order valence-electron chi connectivity index (χ0n) is 15.0. The van der Waals surface area contributed by atoms with E-state index in [4.69, 9.17) is 25.2 Å². The molecule has 0 saturated carbocycles. The SMILES string of the molecule is Nc1[nH]c(=O)nc2c1ncn2[C@H]1C[C@H](O)[C@@H](COP(=O)(O)OP(=O)(O)OP(=O)(O)O)O1. The fourth-order valence-electron chi connectivity index (χ4n) is 2.67. The summed E-state index contributed by atoms with van der Waals surface area (Å²) in [5, 5.41) is 10.1. The first-order chi connectivity index (χ1) is 14.2. The van der Waals surface area contributed by atoms with Crippen LogP contribution in [-0.2, 0) is 31.6 Å². The third-order valence-electron chi connectivity index (χ3n) is 3.80. The first kappa shape index (κ1) is 24.1. The summed E-state index contributed by atoms with van der Waals surface area (Å²) in [5.74, 6) is -0.0449. The molecule has 2 unspecified atom stereocenters. The van der Waals surface area contributed by atoms with Crippen LogP contribution in [0.25, 0.3) is 11.2 Å². The molecule has 8 N–H and O–H groups in total. The highest BCUT2D eigenvalue weighted by atomic mass is 31.3. The van der Waals surface area contributed by atoms with Crippen LogP contribution in [-0.4, -0.2) is 63.0 Å². The maximum atomic E-state index is 11.8. The summed E-state index contributed by atoms with van der Waals surface area (Å²) in [5.41, 5.74) is 5.11. The third-order valence-corrected chi connectivity index (χ3v) is 7.61. The van der Waals surface area contributed by atoms with Gasteiger partial charge < -0.3 is 35.2 Å². The van der Waals surface area contributed by atoms with E-state index in [2.05, 4.69) is 28.1 Å². The number of nitrogens with two attached hydrogens (primary N) is 1. The minimum Gasteiger partial charge on any atom is -0.390 e. The Balaban J connectivity index is 1.67. The smallest absolute Gasteiger partial charge is 0.390 e. The van der Waals surface area contributed by atoms with E-state index < -0.39 is 54.2 Å². The summed E-state index contributed by atoms with van der Waals surface area (Å²) in [6.45, 7) is -0.843. The topological polar surface area (TPSA) is 279 Å². The third kappa shape index (κ3) is 6.04. The molecular weight excluding hydrogens is 491 g/mol. The molecule has 1 fully saturated rings. The number of imidazole rings is 1. The van der Waals surface area contributed by atoms with Crippen LogP contribution in [0.5, 0.6) is 0 Å². The van der Waals surface area contributed by atoms with E-state index in [9.17, 15) is 28.5 Å². The Morgan fingerprint density at radius 1 is 1.23 bits per heavy atom. The number of nitrogens with one attached hydrogen (secondary N) is 1. The van der Waals surface area contributed by atoms with Crippen LogP contribution in [0.1, 0.15) is 12.6 Å². The van der Waals surface area contributed by atoms with Crippen molar-refractivity contribution in [1.29, 1.82) is 0 Å². The molecule has 1 saturated heterocycles. The zero-order chi connectivity index (χ0) is 23.2. The molecule has 18 nitrogen and oxygen atoms in total. The molecule has 21 heteroatoms. The first-order valence-electron chi connectivity index (χ1n) is 8.00. The molecule has 2 aromatic heterocycles. The number of nitrogen functional groups attached to an aromatic ring is 1. The van der Waals surface area contributed by atoms with Gasteiger partial charge in [0.1, 0.15) is 23.7 Å². The van der Waals surface area contributed by atoms with Crippen molar-refractivity contribution in [3.05, 3.63) is 16.8 Å². The molecule has 0 bridgehead atoms. The number of fused-ring (bicyclic) bond motifs is 1. The summed E-state index contributed by atoms with van der Waals surface area (Å²) in [4.78, 5) is 57.1. The van der Waals surface area contributed by atoms with Crippen LogP contribution >= 0.6 is 23.5 Å². The molecule has 174 valence electrons. The van der Waals surface area contributed by atoms with Gasteiger partial charge in [0, 0.05) is 6.42 Å². The molecule has 3 rings (SSSR count). The first-order valence-corrected chi connectivity index (χ1v) is 12.5. The van der Waals surface area contributed by atoms with Crippen molar-refractivity contribution in [2.45, 2.75) is 24.9 Å². The number of rotatable bonds is 8. The molecule has 0 radical (unpaired) electrons. The van der Waals surface area contributed by atoms with Crippen molar-refractivity contribution in [2.24, 2.45) is 0 Å². The van der Waals surface area contributed by atoms with Gasteiger partial charge in [0.15, 0.2) is 5.65 Å². The van der Waals surface area contributed by atoms with Gasteiger partial charge in [-0.25, -0.2) is 23.5 Å². The van der Waals surface area contributed by atoms with Gasteiger partial charge >= 0.3 is 29.2 Å². The summed E-state index contributed by atoms with van der Waals surface area (Å²) < 4.78 is 52.1. The second kappa shape index (κ2) is 8.44. The lowest BCUT2D eigenvalue weighted by molar-refractivity contribution is -0.0423. The Morgan fingerprint density at radius 3 is 2.55 bits per heavy atom. The number of hydrogen-bond donors (Lipinski definition) is 7. The highest BCUT2D eigenvalue weighted by Gasteiger charge is 2.43. The number of aliphatic hydroxyl groups is 1. The minimum absolute atomic E-state index is 0.0449. The lowest BCUT2D eigenvalue weighted by atomic mass is 10.2. The van der Waals surface area contributed by atoms with E-state index >= 15 is 0 Å². The maximum Gasteiger partial charge on any atom is 0.490 e. The van der Waals surface area contributed by atoms with Gasteiger partial charge in [0.05, 0.1) is 19.0 Å². The van der Waals surface area contributed by atoms with Crippen molar-refractivity contribution in [2.75, 3.05) is 12.3 Å². The van der Waals surface area contributed by atoms with E-state index in [0.717, 1.165) is 0 Å². The summed E-state index contributed by atoms with van der Waals surface area (Å²) in [7, 11) is -16.6. The molecule has 3 heterocycles. The summed E-state index contributed by atoms with van der Waals surface area (Å²) in [6.07, 6.45) is -2.32. The van der Waals surface area contributed by atoms with Crippen molar-refractivity contribution < 1.29 is 56.3 Å². The maximum absolute atomic E-state index is 11.8. The van der Waals surface area contributed by atoms with Crippen LogP contribution in [0.15, 0.2) is 11.1 Å². The number of ether oxygens (including phenoxy) is 1. The van der Waals surface area contributed by atoms with E-state index in [1.54, 1.807) is 0 Å². The average Bonchev–Trinajstić information content (AvgIpc) is 3.13. The fourth-order valence-corrected chi connectivity index (χ4v) is 5.70. The van der Waals surface area contributed by atoms with Gasteiger partial charge in [-0.05, 0) is 0 Å². The molecule has 0 amide bonds. The van der Waals surface area contributed by atoms with Gasteiger partial charge in [-0.15, -0.1) is 0 Å². The number of phosphoric acid groups is 3. The van der Waals surface area contributed by atoms with Gasteiger partial charge in [-0.1, -0.05) is 0 Å². The van der Waals surface area contributed by atoms with Gasteiger partial charge in [-0.3, -0.25) is 14.1 Å². The number of aromatic amines is 1. The van der Waals surface area contributed by atoms with Crippen LogP contribution in [0.3, 0.4) is 0 Å². The lowest BCUT2D eigenvalue weighted by Crippen LogP contribution is -2.26. The largest absolute Gasteiger partial charge is 0.490 e. The Morgan fingerprint density at radius 2 is 1.90 bits per heavy atom. The summed E-state index contributed by atoms with van der Waals surface area (Å²) >= 11 is 0. The Bertz CT molecular complexity index is 1170. The molecule has 0 spiro atoms. The number of aliphatic hydroxyl groups excluding tert-OH is 1. The van der Waals surface area contributed by atoms with Crippen LogP contribution in [0, 0.1) is 0 Å². The summed E-state index contributed by atoms with van der Waals surface area (Å²) in [6, 6.07) is 0. The molecule has 31 heavy (non-hydrogen) atoms. The number of hydrogen-bond acceptors (Lipinski definition) is 12. The van der Waals surface area contributed by atoms with Gasteiger partial charge in [0.2, 0.25) is 0 Å². The van der Waals surface area contributed by atoms with Crippen LogP contribution in [0.4, 0.5) is 5.82 Å². The van der Waals surface area contributed by atoms with Crippen molar-refractivity contribution in [3.8, 4) is 0 Å². The van der Waals surface area contributed by atoms with Crippen molar-refractivity contribution in [1.82, 2.24) is 19.5 Å². The monoisotopic (exact) mass is 507 g/mol. The van der Waals surface area contributed by atoms with E-state index in [0.29, 0.717) is 0 Å². The molecular formula is C10H16N5O13P3. The van der Waals surface area contributed by atoms with E-state index in [1.807, 2.05) is 0 Å². The van der Waals surface area contributed by atoms with Crippen molar-refractivity contribution >= 4 is 40.4 Å². The Hall–Kier alpha value is -1.52. The molecule has 2 aromatic rings. The lowest BCUT2D eigenvalue weighted by Gasteiger charge is -2.19. The highest BCUT2D eigenvalue weighted by Crippen LogP contribution is 2.66. The normalized spacial score (nSPS) is 26.0. The second-order valence-corrected chi connectivity index (χ2v) is 10.5. The minimum atomic E-state index is -5.67. The van der Waals surface area contributed by atoms with E-state index in [1.165, 1.54) is 10.9 Å². The zero-order valence-corrected chi connectivity index (χ0v) is 17.7. The highest BCUT2D eigenvalue weighted by molar-refractivity contribution is 7.66.